The van der Waals surface area contributed by atoms with Gasteiger partial charge in [-0.3, -0.25) is 9.20 Å². The largest absolute Gasteiger partial charge is 0.331 e. The van der Waals surface area contributed by atoms with E-state index < -0.39 is 0 Å². The minimum absolute atomic E-state index is 0.0750. The van der Waals surface area contributed by atoms with Crippen molar-refractivity contribution in [2.45, 2.75) is 13.1 Å². The molecule has 140 valence electrons. The molecule has 4 rings (SSSR count). The lowest BCUT2D eigenvalue weighted by molar-refractivity contribution is -0.127. The van der Waals surface area contributed by atoms with Gasteiger partial charge >= 0.3 is 0 Å². The van der Waals surface area contributed by atoms with Gasteiger partial charge in [0.1, 0.15) is 0 Å². The van der Waals surface area contributed by atoms with Gasteiger partial charge in [-0.05, 0) is 17.2 Å². The molecule has 0 radical (unpaired) electrons. The fourth-order valence-electron chi connectivity index (χ4n) is 3.00. The van der Waals surface area contributed by atoms with Crippen LogP contribution >= 0.6 is 22.9 Å². The molecule has 0 unspecified atom stereocenters. The van der Waals surface area contributed by atoms with Gasteiger partial charge in [0.05, 0.1) is 5.69 Å². The molecule has 28 heavy (non-hydrogen) atoms. The first kappa shape index (κ1) is 18.5. The van der Waals surface area contributed by atoms with E-state index >= 15 is 0 Å². The highest BCUT2D eigenvalue weighted by Gasteiger charge is 2.14. The van der Waals surface area contributed by atoms with E-state index in [0.717, 1.165) is 16.1 Å². The maximum Gasteiger partial charge on any atom is 0.247 e. The van der Waals surface area contributed by atoms with Crippen LogP contribution in [-0.4, -0.2) is 20.2 Å². The van der Waals surface area contributed by atoms with Gasteiger partial charge in [-0.2, -0.15) is 0 Å². The maximum atomic E-state index is 13.0. The summed E-state index contributed by atoms with van der Waals surface area (Å²) in [5.74, 6) is -0.0750. The smallest absolute Gasteiger partial charge is 0.247 e. The predicted octanol–water partition coefficient (Wildman–Crippen LogP) is 5.29. The van der Waals surface area contributed by atoms with Gasteiger partial charge in [0.25, 0.3) is 0 Å². The van der Waals surface area contributed by atoms with Crippen LogP contribution in [0.25, 0.3) is 11.0 Å². The van der Waals surface area contributed by atoms with Crippen molar-refractivity contribution in [1.82, 2.24) is 14.3 Å². The van der Waals surface area contributed by atoms with Crippen LogP contribution in [0.4, 0.5) is 0 Å². The number of amides is 1. The van der Waals surface area contributed by atoms with Gasteiger partial charge in [-0.25, -0.2) is 4.98 Å². The topological polar surface area (TPSA) is 37.6 Å². The first-order chi connectivity index (χ1) is 13.7. The van der Waals surface area contributed by atoms with Crippen molar-refractivity contribution < 1.29 is 4.79 Å². The third-order valence-corrected chi connectivity index (χ3v) is 5.42. The van der Waals surface area contributed by atoms with Crippen LogP contribution in [0.2, 0.25) is 5.15 Å². The standard InChI is InChI=1S/C22H18ClN3OS/c23-21-19(26-13-14-28-22(26)24-21)11-12-20(27)25(15-17-7-3-1-4-8-17)16-18-9-5-2-6-10-18/h1-14H,15-16H2. The Morgan fingerprint density at radius 2 is 1.64 bits per heavy atom. The van der Waals surface area contributed by atoms with E-state index in [1.165, 1.54) is 11.3 Å². The molecule has 0 aliphatic carbocycles. The van der Waals surface area contributed by atoms with Gasteiger partial charge in [0.2, 0.25) is 5.91 Å². The molecule has 0 aliphatic heterocycles. The molecular formula is C22H18ClN3OS. The van der Waals surface area contributed by atoms with E-state index in [-0.39, 0.29) is 5.91 Å². The summed E-state index contributed by atoms with van der Waals surface area (Å²) in [5, 5.41) is 2.34. The van der Waals surface area contributed by atoms with Crippen LogP contribution < -0.4 is 0 Å². The second-order valence-corrected chi connectivity index (χ2v) is 7.57. The van der Waals surface area contributed by atoms with Crippen LogP contribution in [0.15, 0.2) is 78.3 Å². The lowest BCUT2D eigenvalue weighted by Gasteiger charge is -2.21. The second-order valence-electron chi connectivity index (χ2n) is 6.34. The molecule has 0 saturated carbocycles. The summed E-state index contributed by atoms with van der Waals surface area (Å²) in [5.41, 5.74) is 2.89. The molecule has 2 aromatic heterocycles. The average Bonchev–Trinajstić information content (AvgIpc) is 3.28. The van der Waals surface area contributed by atoms with Gasteiger partial charge in [-0.15, -0.1) is 11.3 Å². The number of rotatable bonds is 6. The zero-order valence-electron chi connectivity index (χ0n) is 15.0. The summed E-state index contributed by atoms with van der Waals surface area (Å²) in [6.07, 6.45) is 5.20. The van der Waals surface area contributed by atoms with E-state index in [4.69, 9.17) is 11.6 Å². The van der Waals surface area contributed by atoms with Crippen LogP contribution in [0.5, 0.6) is 0 Å². The van der Waals surface area contributed by atoms with Crippen LogP contribution in [0.3, 0.4) is 0 Å². The van der Waals surface area contributed by atoms with Crippen molar-refractivity contribution >= 4 is 39.9 Å². The molecule has 0 aliphatic rings. The van der Waals surface area contributed by atoms with E-state index in [1.807, 2.05) is 81.5 Å². The zero-order chi connectivity index (χ0) is 19.3. The number of imidazole rings is 1. The minimum atomic E-state index is -0.0750. The fraction of sp³-hybridized carbons (Fsp3) is 0.0909. The molecule has 1 amide bonds. The number of fused-ring (bicyclic) bond motifs is 1. The first-order valence-corrected chi connectivity index (χ1v) is 10.1. The SMILES string of the molecule is O=C(C=Cc1c(Cl)nc2sccn12)N(Cc1ccccc1)Cc1ccccc1. The highest BCUT2D eigenvalue weighted by molar-refractivity contribution is 7.15. The Morgan fingerprint density at radius 1 is 1.04 bits per heavy atom. The first-order valence-electron chi connectivity index (χ1n) is 8.86. The third kappa shape index (κ3) is 4.16. The fourth-order valence-corrected chi connectivity index (χ4v) is 4.01. The molecule has 2 heterocycles. The number of hydrogen-bond acceptors (Lipinski definition) is 3. The van der Waals surface area contributed by atoms with E-state index in [2.05, 4.69) is 4.98 Å². The highest BCUT2D eigenvalue weighted by Crippen LogP contribution is 2.22. The lowest BCUT2D eigenvalue weighted by atomic mass is 10.1. The van der Waals surface area contributed by atoms with Crippen LogP contribution in [0, 0.1) is 0 Å². The molecule has 4 aromatic rings. The van der Waals surface area contributed by atoms with Gasteiger partial charge in [0, 0.05) is 30.7 Å². The molecule has 0 spiro atoms. The highest BCUT2D eigenvalue weighted by atomic mass is 35.5. The molecule has 0 N–H and O–H groups in total. The monoisotopic (exact) mass is 407 g/mol. The molecule has 0 bridgehead atoms. The van der Waals surface area contributed by atoms with Crippen molar-refractivity contribution in [3.8, 4) is 0 Å². The maximum absolute atomic E-state index is 13.0. The van der Waals surface area contributed by atoms with Gasteiger partial charge in [0.15, 0.2) is 10.1 Å². The Hall–Kier alpha value is -2.89. The summed E-state index contributed by atoms with van der Waals surface area (Å²) in [7, 11) is 0. The minimum Gasteiger partial charge on any atom is -0.331 e. The van der Waals surface area contributed by atoms with E-state index in [9.17, 15) is 4.79 Å². The van der Waals surface area contributed by atoms with Crippen molar-refractivity contribution in [1.29, 1.82) is 0 Å². The van der Waals surface area contributed by atoms with Gasteiger partial charge in [-0.1, -0.05) is 72.3 Å². The predicted molar refractivity (Wildman–Crippen MR) is 114 cm³/mol. The Labute approximate surface area is 172 Å². The molecule has 0 atom stereocenters. The number of nitrogens with zero attached hydrogens (tertiary/aromatic N) is 3. The quantitative estimate of drug-likeness (QED) is 0.407. The number of benzene rings is 2. The molecule has 0 saturated heterocycles. The summed E-state index contributed by atoms with van der Waals surface area (Å²) in [6, 6.07) is 20.0. The van der Waals surface area contributed by atoms with Crippen LogP contribution in [0.1, 0.15) is 16.8 Å². The number of thiazole rings is 1. The number of carbonyl (C=O) groups is 1. The second kappa shape index (κ2) is 8.42. The molecular weight excluding hydrogens is 390 g/mol. The average molecular weight is 408 g/mol. The Balaban J connectivity index is 1.58. The summed E-state index contributed by atoms with van der Waals surface area (Å²) in [6.45, 7) is 1.07. The normalized spacial score (nSPS) is 11.3. The Bertz CT molecular complexity index is 1060. The van der Waals surface area contributed by atoms with E-state index in [1.54, 1.807) is 12.2 Å². The summed E-state index contributed by atoms with van der Waals surface area (Å²) in [4.78, 5) is 19.9. The number of hydrogen-bond donors (Lipinski definition) is 0. The molecule has 0 fully saturated rings. The summed E-state index contributed by atoms with van der Waals surface area (Å²) >= 11 is 7.73. The number of carbonyl (C=O) groups excluding carboxylic acids is 1. The molecule has 6 heteroatoms. The third-order valence-electron chi connectivity index (χ3n) is 4.38. The van der Waals surface area contributed by atoms with Gasteiger partial charge < -0.3 is 4.90 Å². The zero-order valence-corrected chi connectivity index (χ0v) is 16.6. The number of halogens is 1. The molecule has 4 nitrogen and oxygen atoms in total. The van der Waals surface area contributed by atoms with Crippen molar-refractivity contribution in [2.75, 3.05) is 0 Å². The molecule has 2 aromatic carbocycles. The van der Waals surface area contributed by atoms with Crippen LogP contribution in [-0.2, 0) is 17.9 Å². The van der Waals surface area contributed by atoms with Crippen molar-refractivity contribution in [3.63, 3.8) is 0 Å². The van der Waals surface area contributed by atoms with Crippen molar-refractivity contribution in [3.05, 3.63) is 100 Å². The van der Waals surface area contributed by atoms with Crippen molar-refractivity contribution in [2.24, 2.45) is 0 Å². The summed E-state index contributed by atoms with van der Waals surface area (Å²) < 4.78 is 1.88. The Morgan fingerprint density at radius 3 is 2.25 bits per heavy atom. The Kier molecular flexibility index (Phi) is 5.55. The van der Waals surface area contributed by atoms with E-state index in [0.29, 0.717) is 23.9 Å². The number of aromatic nitrogens is 2. The lowest BCUT2D eigenvalue weighted by Crippen LogP contribution is -2.28.